The Balaban J connectivity index is 1.73. The molecule has 2 fully saturated rings. The van der Waals surface area contributed by atoms with Gasteiger partial charge in [-0.15, -0.1) is 0 Å². The largest absolute Gasteiger partial charge is 0.481 e. The first kappa shape index (κ1) is 20.8. The molecule has 12 heteroatoms. The first-order chi connectivity index (χ1) is 14.6. The molecule has 5 N–H and O–H groups in total. The van der Waals surface area contributed by atoms with E-state index in [0.29, 0.717) is 0 Å². The summed E-state index contributed by atoms with van der Waals surface area (Å²) in [7, 11) is 1.38. The number of amides is 2. The third-order valence-electron chi connectivity index (χ3n) is 6.53. The number of fused-ring (bicyclic) bond motifs is 4. The molecular formula is C19H22N4O8. The highest BCUT2D eigenvalue weighted by Crippen LogP contribution is 2.59. The molecule has 4 aliphatic rings. The Morgan fingerprint density at radius 2 is 1.90 bits per heavy atom. The Kier molecular flexibility index (Phi) is 4.58. The van der Waals surface area contributed by atoms with Crippen LogP contribution in [0.4, 0.5) is 4.79 Å². The molecule has 12 nitrogen and oxygen atoms in total. The van der Waals surface area contributed by atoms with E-state index in [1.807, 2.05) is 0 Å². The van der Waals surface area contributed by atoms with Crippen molar-refractivity contribution in [3.63, 3.8) is 0 Å². The predicted molar refractivity (Wildman–Crippen MR) is 101 cm³/mol. The van der Waals surface area contributed by atoms with E-state index in [-0.39, 0.29) is 60.5 Å². The van der Waals surface area contributed by atoms with Crippen molar-refractivity contribution in [2.24, 2.45) is 17.4 Å². The summed E-state index contributed by atoms with van der Waals surface area (Å²) in [4.78, 5) is 63.9. The SMILES string of the molecule is CO[C@@]12[C@H](COC(N)=O)C3=C(C(=O)C(C)=C(N)C3=O)N1C[C@H]1[C@@H]2N1C(=O)CCC(=O)O. The van der Waals surface area contributed by atoms with Crippen LogP contribution in [0.25, 0.3) is 0 Å². The summed E-state index contributed by atoms with van der Waals surface area (Å²) in [6.45, 7) is 1.30. The highest BCUT2D eigenvalue weighted by atomic mass is 16.6. The average molecular weight is 434 g/mol. The van der Waals surface area contributed by atoms with Crippen LogP contribution >= 0.6 is 0 Å². The number of methoxy groups -OCH3 is 1. The second kappa shape index (κ2) is 6.80. The maximum Gasteiger partial charge on any atom is 0.404 e. The van der Waals surface area contributed by atoms with E-state index in [0.717, 1.165) is 0 Å². The minimum absolute atomic E-state index is 0.0690. The van der Waals surface area contributed by atoms with Crippen LogP contribution in [0.2, 0.25) is 0 Å². The van der Waals surface area contributed by atoms with Crippen molar-refractivity contribution in [3.8, 4) is 0 Å². The lowest BCUT2D eigenvalue weighted by molar-refractivity contribution is -0.154. The molecule has 166 valence electrons. The number of aliphatic carboxylic acids is 1. The molecule has 0 aromatic carbocycles. The number of rotatable bonds is 6. The van der Waals surface area contributed by atoms with Gasteiger partial charge in [-0.1, -0.05) is 0 Å². The Morgan fingerprint density at radius 3 is 2.48 bits per heavy atom. The predicted octanol–water partition coefficient (Wildman–Crippen LogP) is -1.55. The molecule has 2 amide bonds. The lowest BCUT2D eigenvalue weighted by Crippen LogP contribution is -2.56. The number of piperazine rings is 1. The van der Waals surface area contributed by atoms with Gasteiger partial charge in [-0.3, -0.25) is 19.2 Å². The molecule has 0 radical (unpaired) electrons. The second-order valence-corrected chi connectivity index (χ2v) is 7.92. The zero-order valence-corrected chi connectivity index (χ0v) is 16.9. The van der Waals surface area contributed by atoms with Gasteiger partial charge in [0, 0.05) is 31.2 Å². The van der Waals surface area contributed by atoms with Crippen LogP contribution < -0.4 is 11.5 Å². The number of nitrogens with zero attached hydrogens (tertiary/aromatic N) is 2. The fourth-order valence-corrected chi connectivity index (χ4v) is 5.16. The van der Waals surface area contributed by atoms with E-state index in [9.17, 15) is 24.0 Å². The topological polar surface area (TPSA) is 182 Å². The zero-order chi connectivity index (χ0) is 22.8. The van der Waals surface area contributed by atoms with Crippen LogP contribution in [-0.4, -0.2) is 82.5 Å². The summed E-state index contributed by atoms with van der Waals surface area (Å²) in [5.41, 5.74) is 9.76. The molecule has 0 aromatic rings. The number of hydrogen-bond acceptors (Lipinski definition) is 9. The molecule has 0 bridgehead atoms. The van der Waals surface area contributed by atoms with Crippen LogP contribution in [0.15, 0.2) is 22.5 Å². The fourth-order valence-electron chi connectivity index (χ4n) is 5.16. The standard InChI is InChI=1S/C19H22N4O8/c1-7-13(20)16(28)12-8(6-31-18(21)29)19(30-2)17-9(5-22(19)14(12)15(7)27)23(17)10(24)3-4-11(25)26/h8-9,17H,3-6,20H2,1-2H3,(H2,21,29)(H,25,26)/t8-,9+,17+,19-,23?/m1/s1. The van der Waals surface area contributed by atoms with Gasteiger partial charge in [0.1, 0.15) is 12.6 Å². The van der Waals surface area contributed by atoms with Crippen LogP contribution in [0.5, 0.6) is 0 Å². The molecule has 3 aliphatic heterocycles. The Bertz CT molecular complexity index is 1000. The van der Waals surface area contributed by atoms with Gasteiger partial charge in [-0.2, -0.15) is 0 Å². The number of hydrogen-bond donors (Lipinski definition) is 3. The molecule has 0 aromatic heterocycles. The van der Waals surface area contributed by atoms with E-state index in [1.165, 1.54) is 18.9 Å². The molecule has 2 saturated heterocycles. The minimum atomic E-state index is -1.35. The van der Waals surface area contributed by atoms with Gasteiger partial charge in [0.25, 0.3) is 0 Å². The van der Waals surface area contributed by atoms with Crippen LogP contribution in [0.3, 0.4) is 0 Å². The van der Waals surface area contributed by atoms with E-state index in [4.69, 9.17) is 26.0 Å². The van der Waals surface area contributed by atoms with Gasteiger partial charge < -0.3 is 35.8 Å². The first-order valence-corrected chi connectivity index (χ1v) is 9.65. The van der Waals surface area contributed by atoms with E-state index < -0.39 is 41.3 Å². The van der Waals surface area contributed by atoms with Gasteiger partial charge in [0.2, 0.25) is 17.5 Å². The highest BCUT2D eigenvalue weighted by molar-refractivity contribution is 6.25. The van der Waals surface area contributed by atoms with Crippen LogP contribution in [-0.2, 0) is 28.7 Å². The molecule has 4 atom stereocenters. The number of carbonyl (C=O) groups is 5. The van der Waals surface area contributed by atoms with Crippen LogP contribution in [0.1, 0.15) is 19.8 Å². The van der Waals surface area contributed by atoms with Gasteiger partial charge in [0.05, 0.1) is 29.8 Å². The number of carboxylic acid groups (broad SMARTS) is 1. The normalized spacial score (nSPS) is 31.0. The Hall–Kier alpha value is -3.41. The number of ketones is 2. The van der Waals surface area contributed by atoms with Gasteiger partial charge in [-0.25, -0.2) is 4.79 Å². The average Bonchev–Trinajstić information content (AvgIpc) is 3.22. The summed E-state index contributed by atoms with van der Waals surface area (Å²) >= 11 is 0. The molecule has 0 saturated carbocycles. The van der Waals surface area contributed by atoms with Gasteiger partial charge in [-0.05, 0) is 6.92 Å². The number of primary amides is 1. The zero-order valence-electron chi connectivity index (χ0n) is 16.9. The number of carbonyl (C=O) groups excluding carboxylic acids is 4. The monoisotopic (exact) mass is 434 g/mol. The number of nitrogens with two attached hydrogens (primary N) is 2. The smallest absolute Gasteiger partial charge is 0.404 e. The maximum atomic E-state index is 13.0. The third kappa shape index (κ3) is 2.67. The maximum absolute atomic E-state index is 13.0. The lowest BCUT2D eigenvalue weighted by Gasteiger charge is -2.41. The summed E-state index contributed by atoms with van der Waals surface area (Å²) in [5, 5.41) is 8.86. The van der Waals surface area contributed by atoms with E-state index >= 15 is 0 Å². The number of Topliss-reactive ketones (excluding diaryl/α,β-unsaturated/α-hetero) is 2. The van der Waals surface area contributed by atoms with Crippen molar-refractivity contribution < 1.29 is 38.6 Å². The molecular weight excluding hydrogens is 412 g/mol. The van der Waals surface area contributed by atoms with E-state index in [1.54, 1.807) is 4.90 Å². The van der Waals surface area contributed by atoms with Crippen molar-refractivity contribution >= 4 is 29.5 Å². The van der Waals surface area contributed by atoms with Crippen molar-refractivity contribution in [1.82, 2.24) is 9.80 Å². The van der Waals surface area contributed by atoms with Gasteiger partial charge >= 0.3 is 12.1 Å². The molecule has 0 unspecified atom stereocenters. The minimum Gasteiger partial charge on any atom is -0.481 e. The Labute approximate surface area is 176 Å². The fraction of sp³-hybridized carbons (Fsp3) is 0.526. The third-order valence-corrected chi connectivity index (χ3v) is 6.53. The molecule has 4 rings (SSSR count). The summed E-state index contributed by atoms with van der Waals surface area (Å²) in [6, 6.07) is -0.897. The number of allylic oxidation sites excluding steroid dienone is 2. The van der Waals surface area contributed by atoms with Crippen molar-refractivity contribution in [2.45, 2.75) is 37.6 Å². The summed E-state index contributed by atoms with van der Waals surface area (Å²) in [5.74, 6) is -3.38. The molecule has 1 aliphatic carbocycles. The molecule has 3 heterocycles. The van der Waals surface area contributed by atoms with Crippen molar-refractivity contribution in [1.29, 1.82) is 0 Å². The van der Waals surface area contributed by atoms with Crippen molar-refractivity contribution in [2.75, 3.05) is 20.3 Å². The second-order valence-electron chi connectivity index (χ2n) is 7.92. The number of ether oxygens (including phenoxy) is 2. The Morgan fingerprint density at radius 1 is 1.23 bits per heavy atom. The lowest BCUT2D eigenvalue weighted by atomic mass is 9.82. The van der Waals surface area contributed by atoms with E-state index in [2.05, 4.69) is 0 Å². The number of carboxylic acids is 1. The highest BCUT2D eigenvalue weighted by Gasteiger charge is 2.77. The summed E-state index contributed by atoms with van der Waals surface area (Å²) in [6.07, 6.45) is -1.58. The quantitative estimate of drug-likeness (QED) is 0.327. The summed E-state index contributed by atoms with van der Waals surface area (Å²) < 4.78 is 10.9. The molecule has 31 heavy (non-hydrogen) atoms. The first-order valence-electron chi connectivity index (χ1n) is 9.65. The van der Waals surface area contributed by atoms with Crippen molar-refractivity contribution in [3.05, 3.63) is 22.5 Å². The molecule has 0 spiro atoms. The van der Waals surface area contributed by atoms with Crippen LogP contribution in [0, 0.1) is 5.92 Å². The van der Waals surface area contributed by atoms with Gasteiger partial charge in [0.15, 0.2) is 5.72 Å².